The summed E-state index contributed by atoms with van der Waals surface area (Å²) in [6.45, 7) is 2.79. The third kappa shape index (κ3) is 2.02. The van der Waals surface area contributed by atoms with Gasteiger partial charge in [0.1, 0.15) is 16.8 Å². The fourth-order valence-electron chi connectivity index (χ4n) is 1.64. The normalized spacial score (nSPS) is 10.4. The van der Waals surface area contributed by atoms with Crippen LogP contribution in [0, 0.1) is 0 Å². The zero-order chi connectivity index (χ0) is 13.3. The van der Waals surface area contributed by atoms with Crippen molar-refractivity contribution in [2.75, 3.05) is 12.4 Å². The molecule has 0 aliphatic carbocycles. The van der Waals surface area contributed by atoms with Gasteiger partial charge in [0.2, 0.25) is 11.8 Å². The van der Waals surface area contributed by atoms with Crippen molar-refractivity contribution >= 4 is 28.5 Å². The van der Waals surface area contributed by atoms with E-state index >= 15 is 0 Å². The standard InChI is InChI=1S/C11H12N4O3/c1-6(16)12-9-4-8-10(5-11(9)18-3)15(7(2)17)14-13-8/h4-5H,1-3H3,(H,12,16). The quantitative estimate of drug-likeness (QED) is 0.858. The molecular weight excluding hydrogens is 236 g/mol. The van der Waals surface area contributed by atoms with Crippen molar-refractivity contribution < 1.29 is 14.3 Å². The lowest BCUT2D eigenvalue weighted by Gasteiger charge is -2.08. The number of hydrogen-bond acceptors (Lipinski definition) is 5. The highest BCUT2D eigenvalue weighted by Crippen LogP contribution is 2.29. The third-order valence-corrected chi connectivity index (χ3v) is 2.38. The molecule has 0 fully saturated rings. The Morgan fingerprint density at radius 3 is 2.61 bits per heavy atom. The predicted molar refractivity (Wildman–Crippen MR) is 64.7 cm³/mol. The minimum absolute atomic E-state index is 0.216. The molecule has 2 aromatic rings. The van der Waals surface area contributed by atoms with Crippen LogP contribution in [-0.2, 0) is 4.79 Å². The van der Waals surface area contributed by atoms with Crippen molar-refractivity contribution in [3.8, 4) is 5.75 Å². The van der Waals surface area contributed by atoms with E-state index in [0.29, 0.717) is 22.5 Å². The molecule has 1 aromatic heterocycles. The minimum atomic E-state index is -0.244. The Labute approximate surface area is 103 Å². The lowest BCUT2D eigenvalue weighted by molar-refractivity contribution is -0.114. The number of nitrogens with one attached hydrogen (secondary N) is 1. The molecule has 18 heavy (non-hydrogen) atoms. The Balaban J connectivity index is 2.62. The zero-order valence-corrected chi connectivity index (χ0v) is 10.2. The topological polar surface area (TPSA) is 86.1 Å². The molecule has 0 saturated carbocycles. The second-order valence-corrected chi connectivity index (χ2v) is 3.74. The van der Waals surface area contributed by atoms with Gasteiger partial charge in [-0.15, -0.1) is 5.10 Å². The average molecular weight is 248 g/mol. The van der Waals surface area contributed by atoms with E-state index in [0.717, 1.165) is 0 Å². The maximum Gasteiger partial charge on any atom is 0.245 e. The molecule has 0 spiro atoms. The van der Waals surface area contributed by atoms with Crippen molar-refractivity contribution in [2.24, 2.45) is 0 Å². The van der Waals surface area contributed by atoms with Crippen molar-refractivity contribution in [1.29, 1.82) is 0 Å². The maximum atomic E-state index is 11.3. The fraction of sp³-hybridized carbons (Fsp3) is 0.273. The number of aromatic nitrogens is 3. The van der Waals surface area contributed by atoms with Crippen molar-refractivity contribution in [1.82, 2.24) is 15.0 Å². The Bertz CT molecular complexity index is 632. The van der Waals surface area contributed by atoms with Crippen LogP contribution >= 0.6 is 0 Å². The first-order valence-electron chi connectivity index (χ1n) is 5.25. The van der Waals surface area contributed by atoms with E-state index in [-0.39, 0.29) is 11.8 Å². The number of ether oxygens (including phenoxy) is 1. The Kier molecular flexibility index (Phi) is 2.97. The number of hydrogen-bond donors (Lipinski definition) is 1. The van der Waals surface area contributed by atoms with Crippen LogP contribution in [0.3, 0.4) is 0 Å². The number of amides is 1. The maximum absolute atomic E-state index is 11.3. The van der Waals surface area contributed by atoms with E-state index in [1.54, 1.807) is 12.1 Å². The summed E-state index contributed by atoms with van der Waals surface area (Å²) in [7, 11) is 1.48. The molecule has 94 valence electrons. The smallest absolute Gasteiger partial charge is 0.245 e. The van der Waals surface area contributed by atoms with Gasteiger partial charge in [0.05, 0.1) is 12.8 Å². The number of carbonyl (C=O) groups excluding carboxylic acids is 2. The highest BCUT2D eigenvalue weighted by molar-refractivity contribution is 5.96. The van der Waals surface area contributed by atoms with Gasteiger partial charge in [-0.3, -0.25) is 9.59 Å². The summed E-state index contributed by atoms with van der Waals surface area (Å²) in [5, 5.41) is 10.2. The van der Waals surface area contributed by atoms with Gasteiger partial charge in [-0.1, -0.05) is 5.21 Å². The van der Waals surface area contributed by atoms with Gasteiger partial charge in [-0.2, -0.15) is 4.68 Å². The molecule has 0 saturated heterocycles. The Morgan fingerprint density at radius 1 is 1.33 bits per heavy atom. The summed E-state index contributed by atoms with van der Waals surface area (Å²) in [6.07, 6.45) is 0. The SMILES string of the molecule is COc1cc2c(cc1NC(C)=O)nnn2C(C)=O. The van der Waals surface area contributed by atoms with Crippen LogP contribution in [0.2, 0.25) is 0 Å². The number of benzene rings is 1. The molecule has 0 radical (unpaired) electrons. The monoisotopic (exact) mass is 248 g/mol. The van der Waals surface area contributed by atoms with Gasteiger partial charge < -0.3 is 10.1 Å². The van der Waals surface area contributed by atoms with Crippen LogP contribution in [0.25, 0.3) is 11.0 Å². The first kappa shape index (κ1) is 12.0. The molecule has 0 aliphatic heterocycles. The van der Waals surface area contributed by atoms with E-state index in [4.69, 9.17) is 4.74 Å². The van der Waals surface area contributed by atoms with E-state index in [9.17, 15) is 9.59 Å². The molecule has 0 aliphatic rings. The molecule has 1 aromatic carbocycles. The first-order chi connectivity index (χ1) is 8.52. The highest BCUT2D eigenvalue weighted by atomic mass is 16.5. The van der Waals surface area contributed by atoms with Gasteiger partial charge >= 0.3 is 0 Å². The predicted octanol–water partition coefficient (Wildman–Crippen LogP) is 1.06. The summed E-state index contributed by atoms with van der Waals surface area (Å²) in [5.74, 6) is -0.0130. The molecule has 1 heterocycles. The summed E-state index contributed by atoms with van der Waals surface area (Å²) in [5.41, 5.74) is 1.54. The highest BCUT2D eigenvalue weighted by Gasteiger charge is 2.13. The van der Waals surface area contributed by atoms with E-state index in [1.165, 1.54) is 25.6 Å². The average Bonchev–Trinajstić information content (AvgIpc) is 2.69. The van der Waals surface area contributed by atoms with Crippen LogP contribution in [0.4, 0.5) is 5.69 Å². The van der Waals surface area contributed by atoms with Gasteiger partial charge in [0.25, 0.3) is 0 Å². The summed E-state index contributed by atoms with van der Waals surface area (Å²) < 4.78 is 6.34. The fourth-order valence-corrected chi connectivity index (χ4v) is 1.64. The number of rotatable bonds is 2. The van der Waals surface area contributed by atoms with E-state index in [2.05, 4.69) is 15.6 Å². The second kappa shape index (κ2) is 4.44. The summed E-state index contributed by atoms with van der Waals surface area (Å²) >= 11 is 0. The molecule has 1 amide bonds. The van der Waals surface area contributed by atoms with E-state index in [1.807, 2.05) is 0 Å². The van der Waals surface area contributed by atoms with E-state index < -0.39 is 0 Å². The van der Waals surface area contributed by atoms with Gasteiger partial charge in [0, 0.05) is 19.9 Å². The molecule has 2 rings (SSSR count). The van der Waals surface area contributed by atoms with Crippen molar-refractivity contribution in [2.45, 2.75) is 13.8 Å². The van der Waals surface area contributed by atoms with Crippen LogP contribution in [0.1, 0.15) is 18.6 Å². The number of anilines is 1. The Hall–Kier alpha value is -2.44. The van der Waals surface area contributed by atoms with Crippen molar-refractivity contribution in [3.05, 3.63) is 12.1 Å². The Morgan fingerprint density at radius 2 is 2.06 bits per heavy atom. The second-order valence-electron chi connectivity index (χ2n) is 3.74. The largest absolute Gasteiger partial charge is 0.494 e. The molecule has 1 N–H and O–H groups in total. The third-order valence-electron chi connectivity index (χ3n) is 2.38. The van der Waals surface area contributed by atoms with Gasteiger partial charge in [0.15, 0.2) is 0 Å². The summed E-state index contributed by atoms with van der Waals surface area (Å²) in [6, 6.07) is 3.23. The molecular formula is C11H12N4O3. The van der Waals surface area contributed by atoms with Crippen LogP contribution in [0.5, 0.6) is 5.75 Å². The molecule has 7 heteroatoms. The lowest BCUT2D eigenvalue weighted by Crippen LogP contribution is -2.09. The van der Waals surface area contributed by atoms with Crippen molar-refractivity contribution in [3.63, 3.8) is 0 Å². The number of nitrogens with zero attached hydrogens (tertiary/aromatic N) is 3. The number of carbonyl (C=O) groups is 2. The molecule has 0 bridgehead atoms. The summed E-state index contributed by atoms with van der Waals surface area (Å²) in [4.78, 5) is 22.4. The molecule has 0 atom stereocenters. The lowest BCUT2D eigenvalue weighted by atomic mass is 10.2. The van der Waals surface area contributed by atoms with Gasteiger partial charge in [-0.05, 0) is 6.07 Å². The number of fused-ring (bicyclic) bond motifs is 1. The zero-order valence-electron chi connectivity index (χ0n) is 10.2. The van der Waals surface area contributed by atoms with Crippen LogP contribution in [-0.4, -0.2) is 33.9 Å². The first-order valence-corrected chi connectivity index (χ1v) is 5.25. The van der Waals surface area contributed by atoms with Crippen LogP contribution < -0.4 is 10.1 Å². The molecule has 7 nitrogen and oxygen atoms in total. The van der Waals surface area contributed by atoms with Crippen LogP contribution in [0.15, 0.2) is 12.1 Å². The molecule has 0 unspecified atom stereocenters. The minimum Gasteiger partial charge on any atom is -0.494 e. The number of methoxy groups -OCH3 is 1. The van der Waals surface area contributed by atoms with Gasteiger partial charge in [-0.25, -0.2) is 0 Å².